The summed E-state index contributed by atoms with van der Waals surface area (Å²) in [7, 11) is 0. The van der Waals surface area contributed by atoms with Crippen molar-refractivity contribution in [2.24, 2.45) is 5.92 Å². The number of hydrogen-bond donors (Lipinski definition) is 1. The summed E-state index contributed by atoms with van der Waals surface area (Å²) in [5, 5.41) is 3.50. The lowest BCUT2D eigenvalue weighted by atomic mass is 10.1. The van der Waals surface area contributed by atoms with E-state index in [0.717, 1.165) is 18.7 Å². The van der Waals surface area contributed by atoms with Crippen molar-refractivity contribution in [2.45, 2.75) is 19.5 Å². The zero-order valence-corrected chi connectivity index (χ0v) is 11.7. The summed E-state index contributed by atoms with van der Waals surface area (Å²) in [6, 6.07) is 6.75. The molecule has 1 aromatic heterocycles. The Morgan fingerprint density at radius 2 is 2.15 bits per heavy atom. The van der Waals surface area contributed by atoms with Gasteiger partial charge in [0.05, 0.1) is 12.4 Å². The van der Waals surface area contributed by atoms with Crippen LogP contribution in [0.25, 0.3) is 0 Å². The van der Waals surface area contributed by atoms with Crippen LogP contribution in [0.2, 0.25) is 0 Å². The van der Waals surface area contributed by atoms with Gasteiger partial charge in [-0.25, -0.2) is 9.37 Å². The molecule has 0 aliphatic carbocycles. The minimum Gasteiger partial charge on any atom is -0.336 e. The molecule has 4 heteroatoms. The SMILES string of the molecule is C=CC(C)CNC(Cn1ccnc1)c1ccc(F)cc1. The van der Waals surface area contributed by atoms with Gasteiger partial charge in [-0.15, -0.1) is 6.58 Å². The van der Waals surface area contributed by atoms with E-state index in [-0.39, 0.29) is 11.9 Å². The quantitative estimate of drug-likeness (QED) is 0.785. The second-order valence-corrected chi connectivity index (χ2v) is 4.98. The average Bonchev–Trinajstić information content (AvgIpc) is 2.97. The van der Waals surface area contributed by atoms with Crippen LogP contribution in [0.4, 0.5) is 4.39 Å². The summed E-state index contributed by atoms with van der Waals surface area (Å²) in [5.41, 5.74) is 1.07. The van der Waals surface area contributed by atoms with Crippen molar-refractivity contribution in [3.63, 3.8) is 0 Å². The first-order valence-electron chi connectivity index (χ1n) is 6.76. The molecule has 0 amide bonds. The van der Waals surface area contributed by atoms with Crippen LogP contribution in [0, 0.1) is 11.7 Å². The Balaban J connectivity index is 2.10. The molecular formula is C16H20FN3. The summed E-state index contributed by atoms with van der Waals surface area (Å²) < 4.78 is 15.1. The molecule has 0 saturated heterocycles. The largest absolute Gasteiger partial charge is 0.336 e. The normalized spacial score (nSPS) is 13.9. The second-order valence-electron chi connectivity index (χ2n) is 4.98. The zero-order chi connectivity index (χ0) is 14.4. The molecule has 2 aromatic rings. The molecule has 0 aliphatic rings. The Morgan fingerprint density at radius 3 is 2.75 bits per heavy atom. The summed E-state index contributed by atoms with van der Waals surface area (Å²) >= 11 is 0. The molecule has 0 fully saturated rings. The summed E-state index contributed by atoms with van der Waals surface area (Å²) in [6.45, 7) is 7.50. The molecule has 1 N–H and O–H groups in total. The molecule has 0 saturated carbocycles. The van der Waals surface area contributed by atoms with Crippen molar-refractivity contribution < 1.29 is 4.39 Å². The number of imidazole rings is 1. The van der Waals surface area contributed by atoms with E-state index in [1.165, 1.54) is 12.1 Å². The summed E-state index contributed by atoms with van der Waals surface area (Å²) in [6.07, 6.45) is 7.39. The molecule has 2 atom stereocenters. The highest BCUT2D eigenvalue weighted by Crippen LogP contribution is 2.16. The number of benzene rings is 1. The maximum absolute atomic E-state index is 13.0. The number of hydrogen-bond acceptors (Lipinski definition) is 2. The first-order chi connectivity index (χ1) is 9.69. The van der Waals surface area contributed by atoms with Gasteiger partial charge in [0.1, 0.15) is 5.82 Å². The summed E-state index contributed by atoms with van der Waals surface area (Å²) in [5.74, 6) is 0.176. The minimum absolute atomic E-state index is 0.118. The van der Waals surface area contributed by atoms with Crippen LogP contribution < -0.4 is 5.32 Å². The fourth-order valence-electron chi connectivity index (χ4n) is 2.00. The third-order valence-electron chi connectivity index (χ3n) is 3.31. The van der Waals surface area contributed by atoms with Gasteiger partial charge in [-0.1, -0.05) is 25.1 Å². The van der Waals surface area contributed by atoms with Crippen molar-refractivity contribution >= 4 is 0 Å². The maximum atomic E-state index is 13.0. The lowest BCUT2D eigenvalue weighted by Gasteiger charge is -2.21. The van der Waals surface area contributed by atoms with Gasteiger partial charge in [0.25, 0.3) is 0 Å². The van der Waals surface area contributed by atoms with Crippen LogP contribution in [-0.2, 0) is 6.54 Å². The number of rotatable bonds is 7. The number of nitrogens with zero attached hydrogens (tertiary/aromatic N) is 2. The predicted molar refractivity (Wildman–Crippen MR) is 78.7 cm³/mol. The Hall–Kier alpha value is -1.94. The van der Waals surface area contributed by atoms with Gasteiger partial charge in [-0.2, -0.15) is 0 Å². The highest BCUT2D eigenvalue weighted by Gasteiger charge is 2.12. The lowest BCUT2D eigenvalue weighted by Crippen LogP contribution is -2.28. The van der Waals surface area contributed by atoms with E-state index in [0.29, 0.717) is 5.92 Å². The molecule has 106 valence electrons. The average molecular weight is 273 g/mol. The third-order valence-corrected chi connectivity index (χ3v) is 3.31. The smallest absolute Gasteiger partial charge is 0.123 e. The van der Waals surface area contributed by atoms with Crippen LogP contribution in [0.3, 0.4) is 0 Å². The van der Waals surface area contributed by atoms with Crippen LogP contribution in [0.5, 0.6) is 0 Å². The number of halogens is 1. The Morgan fingerprint density at radius 1 is 1.40 bits per heavy atom. The molecule has 3 nitrogen and oxygen atoms in total. The first-order valence-corrected chi connectivity index (χ1v) is 6.76. The molecule has 1 aromatic carbocycles. The van der Waals surface area contributed by atoms with Crippen molar-refractivity contribution in [3.05, 3.63) is 67.0 Å². The molecule has 2 unspecified atom stereocenters. The van der Waals surface area contributed by atoms with Gasteiger partial charge in [0.2, 0.25) is 0 Å². The first kappa shape index (κ1) is 14.5. The predicted octanol–water partition coefficient (Wildman–Crippen LogP) is 3.18. The van der Waals surface area contributed by atoms with Crippen molar-refractivity contribution in [1.82, 2.24) is 14.9 Å². The second kappa shape index (κ2) is 7.01. The van der Waals surface area contributed by atoms with Crippen molar-refractivity contribution in [1.29, 1.82) is 0 Å². The minimum atomic E-state index is -0.213. The van der Waals surface area contributed by atoms with Crippen molar-refractivity contribution in [2.75, 3.05) is 6.54 Å². The number of aromatic nitrogens is 2. The van der Waals surface area contributed by atoms with Crippen LogP contribution in [-0.4, -0.2) is 16.1 Å². The standard InChI is InChI=1S/C16H20FN3/c1-3-13(2)10-19-16(11-20-9-8-18-12-20)14-4-6-15(17)7-5-14/h3-9,12-13,16,19H,1,10-11H2,2H3. The number of nitrogens with one attached hydrogen (secondary N) is 1. The van der Waals surface area contributed by atoms with Crippen molar-refractivity contribution in [3.8, 4) is 0 Å². The molecule has 20 heavy (non-hydrogen) atoms. The zero-order valence-electron chi connectivity index (χ0n) is 11.7. The monoisotopic (exact) mass is 273 g/mol. The van der Waals surface area contributed by atoms with E-state index in [9.17, 15) is 4.39 Å². The van der Waals surface area contributed by atoms with Crippen LogP contribution in [0.1, 0.15) is 18.5 Å². The van der Waals surface area contributed by atoms with E-state index in [2.05, 4.69) is 23.8 Å². The van der Waals surface area contributed by atoms with E-state index in [1.807, 2.05) is 29.0 Å². The fourth-order valence-corrected chi connectivity index (χ4v) is 2.00. The van der Waals surface area contributed by atoms with Crippen LogP contribution in [0.15, 0.2) is 55.6 Å². The van der Waals surface area contributed by atoms with Gasteiger partial charge >= 0.3 is 0 Å². The molecule has 0 bridgehead atoms. The topological polar surface area (TPSA) is 29.9 Å². The Kier molecular flexibility index (Phi) is 5.07. The van der Waals surface area contributed by atoms with Gasteiger partial charge in [-0.3, -0.25) is 0 Å². The molecule has 1 heterocycles. The van der Waals surface area contributed by atoms with Gasteiger partial charge in [0.15, 0.2) is 0 Å². The molecular weight excluding hydrogens is 253 g/mol. The lowest BCUT2D eigenvalue weighted by molar-refractivity contribution is 0.441. The van der Waals surface area contributed by atoms with Gasteiger partial charge in [0, 0.05) is 25.5 Å². The molecule has 0 radical (unpaired) electrons. The highest BCUT2D eigenvalue weighted by atomic mass is 19.1. The molecule has 2 rings (SSSR count). The van der Waals surface area contributed by atoms with Gasteiger partial charge in [-0.05, 0) is 23.6 Å². The molecule has 0 spiro atoms. The Labute approximate surface area is 119 Å². The summed E-state index contributed by atoms with van der Waals surface area (Å²) in [4.78, 5) is 4.05. The molecule has 0 aliphatic heterocycles. The van der Waals surface area contributed by atoms with E-state index in [4.69, 9.17) is 0 Å². The maximum Gasteiger partial charge on any atom is 0.123 e. The van der Waals surface area contributed by atoms with Crippen LogP contribution >= 0.6 is 0 Å². The Bertz CT molecular complexity index is 519. The highest BCUT2D eigenvalue weighted by molar-refractivity contribution is 5.20. The van der Waals surface area contributed by atoms with E-state index in [1.54, 1.807) is 12.5 Å². The van der Waals surface area contributed by atoms with E-state index >= 15 is 0 Å². The third kappa shape index (κ3) is 4.03. The van der Waals surface area contributed by atoms with E-state index < -0.39 is 0 Å². The van der Waals surface area contributed by atoms with Gasteiger partial charge < -0.3 is 9.88 Å². The fraction of sp³-hybridized carbons (Fsp3) is 0.312.